The summed E-state index contributed by atoms with van der Waals surface area (Å²) in [6.07, 6.45) is -0.147. The lowest BCUT2D eigenvalue weighted by Gasteiger charge is -2.32. The number of nitrogens with zero attached hydrogens (tertiary/aromatic N) is 1. The molecule has 0 aromatic heterocycles. The molecule has 0 saturated heterocycles. The normalized spacial score (nSPS) is 21.6. The summed E-state index contributed by atoms with van der Waals surface area (Å²) in [5, 5.41) is 5.43. The van der Waals surface area contributed by atoms with Crippen LogP contribution in [-0.4, -0.2) is 62.4 Å². The summed E-state index contributed by atoms with van der Waals surface area (Å²) in [6, 6.07) is 6.80. The number of carbonyl (C=O) groups is 2. The maximum Gasteiger partial charge on any atom is 0.337 e. The van der Waals surface area contributed by atoms with Crippen LogP contribution in [0.5, 0.6) is 11.5 Å². The fourth-order valence-corrected chi connectivity index (χ4v) is 3.24. The number of carbonyl (C=O) groups excluding carboxylic acids is 2. The smallest absolute Gasteiger partial charge is 0.337 e. The standard InChI is InChI=1S/C19H25N3O5/c1-4-25-18(23)17-12(2)20-19(24)21-14(17)10-22(3)9-13-11-26-15-7-5-6-8-16(15)27-13/h5-8,12-13H,4,9-11H2,1-3H3,(H2,20,21,24)/t12-,13+/m0/s1. The van der Waals surface area contributed by atoms with Crippen molar-refractivity contribution < 1.29 is 23.8 Å². The molecule has 2 N–H and O–H groups in total. The van der Waals surface area contributed by atoms with Gasteiger partial charge < -0.3 is 24.8 Å². The molecule has 2 amide bonds. The molecule has 3 rings (SSSR count). The SMILES string of the molecule is CCOC(=O)C1=C(CN(C)C[C@@H]2COc3ccccc3O2)NC(=O)N[C@H]1C. The first-order valence-corrected chi connectivity index (χ1v) is 9.02. The van der Waals surface area contributed by atoms with Gasteiger partial charge in [0.05, 0.1) is 18.2 Å². The van der Waals surface area contributed by atoms with E-state index in [2.05, 4.69) is 10.6 Å². The highest BCUT2D eigenvalue weighted by molar-refractivity contribution is 5.94. The number of ether oxygens (including phenoxy) is 3. The molecule has 146 valence electrons. The van der Waals surface area contributed by atoms with Gasteiger partial charge in [0.25, 0.3) is 0 Å². The van der Waals surface area contributed by atoms with Crippen molar-refractivity contribution >= 4 is 12.0 Å². The maximum atomic E-state index is 12.3. The average molecular weight is 375 g/mol. The van der Waals surface area contributed by atoms with Crippen LogP contribution < -0.4 is 20.1 Å². The molecule has 1 aromatic carbocycles. The molecule has 0 bridgehead atoms. The second-order valence-electron chi connectivity index (χ2n) is 6.63. The van der Waals surface area contributed by atoms with E-state index >= 15 is 0 Å². The summed E-state index contributed by atoms with van der Waals surface area (Å²) < 4.78 is 16.8. The Morgan fingerprint density at radius 1 is 1.33 bits per heavy atom. The molecule has 27 heavy (non-hydrogen) atoms. The van der Waals surface area contributed by atoms with Crippen molar-refractivity contribution in [1.82, 2.24) is 15.5 Å². The lowest BCUT2D eigenvalue weighted by Crippen LogP contribution is -2.51. The minimum atomic E-state index is -0.424. The van der Waals surface area contributed by atoms with Gasteiger partial charge in [0, 0.05) is 18.8 Å². The van der Waals surface area contributed by atoms with Crippen LogP contribution in [0.2, 0.25) is 0 Å². The van der Waals surface area contributed by atoms with E-state index < -0.39 is 12.0 Å². The van der Waals surface area contributed by atoms with Gasteiger partial charge in [0.15, 0.2) is 11.5 Å². The fraction of sp³-hybridized carbons (Fsp3) is 0.474. The van der Waals surface area contributed by atoms with Gasteiger partial charge in [-0.25, -0.2) is 9.59 Å². The van der Waals surface area contributed by atoms with Gasteiger partial charge >= 0.3 is 12.0 Å². The number of esters is 1. The average Bonchev–Trinajstić information content (AvgIpc) is 2.61. The van der Waals surface area contributed by atoms with Gasteiger partial charge in [-0.15, -0.1) is 0 Å². The summed E-state index contributed by atoms with van der Waals surface area (Å²) in [4.78, 5) is 26.1. The number of amides is 2. The Morgan fingerprint density at radius 3 is 2.81 bits per heavy atom. The molecule has 0 aliphatic carbocycles. The van der Waals surface area contributed by atoms with Crippen molar-refractivity contribution in [3.8, 4) is 11.5 Å². The molecular weight excluding hydrogens is 350 g/mol. The van der Waals surface area contributed by atoms with E-state index in [-0.39, 0.29) is 18.7 Å². The zero-order valence-corrected chi connectivity index (χ0v) is 15.8. The van der Waals surface area contributed by atoms with Crippen molar-refractivity contribution in [2.45, 2.75) is 26.0 Å². The Labute approximate surface area is 158 Å². The lowest BCUT2D eigenvalue weighted by molar-refractivity contribution is -0.139. The Kier molecular flexibility index (Phi) is 5.85. The third-order valence-electron chi connectivity index (χ3n) is 4.38. The minimum absolute atomic E-state index is 0.147. The summed E-state index contributed by atoms with van der Waals surface area (Å²) in [6.45, 7) is 5.19. The Bertz CT molecular complexity index is 749. The van der Waals surface area contributed by atoms with Crippen LogP contribution in [0.4, 0.5) is 4.79 Å². The number of urea groups is 1. The number of benzene rings is 1. The Balaban J connectivity index is 1.67. The van der Waals surface area contributed by atoms with E-state index in [1.807, 2.05) is 36.2 Å². The number of nitrogens with one attached hydrogen (secondary N) is 2. The van der Waals surface area contributed by atoms with Crippen LogP contribution in [0.25, 0.3) is 0 Å². The number of rotatable bonds is 6. The number of para-hydroxylation sites is 2. The molecule has 8 nitrogen and oxygen atoms in total. The highest BCUT2D eigenvalue weighted by Crippen LogP contribution is 2.31. The molecule has 2 atom stereocenters. The number of likely N-dealkylation sites (N-methyl/N-ethyl adjacent to an activating group) is 1. The fourth-order valence-electron chi connectivity index (χ4n) is 3.24. The third kappa shape index (κ3) is 4.51. The molecule has 2 aliphatic heterocycles. The highest BCUT2D eigenvalue weighted by Gasteiger charge is 2.31. The zero-order valence-electron chi connectivity index (χ0n) is 15.8. The van der Waals surface area contributed by atoms with Gasteiger partial charge in [-0.05, 0) is 33.0 Å². The van der Waals surface area contributed by atoms with Crippen LogP contribution in [-0.2, 0) is 9.53 Å². The monoisotopic (exact) mass is 375 g/mol. The third-order valence-corrected chi connectivity index (χ3v) is 4.38. The molecule has 0 spiro atoms. The van der Waals surface area contributed by atoms with Crippen molar-refractivity contribution in [1.29, 1.82) is 0 Å². The number of hydrogen-bond acceptors (Lipinski definition) is 6. The van der Waals surface area contributed by atoms with Gasteiger partial charge in [0.2, 0.25) is 0 Å². The van der Waals surface area contributed by atoms with Crippen LogP contribution in [0.1, 0.15) is 13.8 Å². The van der Waals surface area contributed by atoms with Crippen molar-refractivity contribution in [2.75, 3.05) is 33.4 Å². The zero-order chi connectivity index (χ0) is 19.4. The van der Waals surface area contributed by atoms with Crippen LogP contribution >= 0.6 is 0 Å². The van der Waals surface area contributed by atoms with Crippen LogP contribution in [0.15, 0.2) is 35.5 Å². The topological polar surface area (TPSA) is 89.1 Å². The summed E-state index contributed by atoms with van der Waals surface area (Å²) in [5.74, 6) is 1.03. The summed E-state index contributed by atoms with van der Waals surface area (Å²) in [5.41, 5.74) is 0.985. The molecule has 2 aliphatic rings. The van der Waals surface area contributed by atoms with Gasteiger partial charge in [-0.1, -0.05) is 12.1 Å². The van der Waals surface area contributed by atoms with Gasteiger partial charge in [0.1, 0.15) is 12.7 Å². The van der Waals surface area contributed by atoms with E-state index in [1.165, 1.54) is 0 Å². The van der Waals surface area contributed by atoms with Gasteiger partial charge in [-0.2, -0.15) is 0 Å². The summed E-state index contributed by atoms with van der Waals surface area (Å²) >= 11 is 0. The highest BCUT2D eigenvalue weighted by atomic mass is 16.6. The molecule has 2 heterocycles. The first-order chi connectivity index (χ1) is 13.0. The van der Waals surface area contributed by atoms with E-state index in [4.69, 9.17) is 14.2 Å². The van der Waals surface area contributed by atoms with E-state index in [1.54, 1.807) is 13.8 Å². The number of fused-ring (bicyclic) bond motifs is 1. The molecule has 0 fully saturated rings. The van der Waals surface area contributed by atoms with Crippen molar-refractivity contribution in [3.05, 3.63) is 35.5 Å². The second kappa shape index (κ2) is 8.30. The predicted octanol–water partition coefficient (Wildman–Crippen LogP) is 1.28. The Morgan fingerprint density at radius 2 is 2.07 bits per heavy atom. The molecule has 1 aromatic rings. The molecular formula is C19H25N3O5. The van der Waals surface area contributed by atoms with Crippen molar-refractivity contribution in [2.24, 2.45) is 0 Å². The minimum Gasteiger partial charge on any atom is -0.486 e. The van der Waals surface area contributed by atoms with Crippen LogP contribution in [0, 0.1) is 0 Å². The maximum absolute atomic E-state index is 12.3. The lowest BCUT2D eigenvalue weighted by atomic mass is 10.0. The number of hydrogen-bond donors (Lipinski definition) is 2. The Hall–Kier alpha value is -2.74. The molecule has 0 saturated carbocycles. The molecule has 0 unspecified atom stereocenters. The van der Waals surface area contributed by atoms with E-state index in [0.29, 0.717) is 31.0 Å². The molecule has 0 radical (unpaired) electrons. The summed E-state index contributed by atoms with van der Waals surface area (Å²) in [7, 11) is 1.90. The predicted molar refractivity (Wildman–Crippen MR) is 98.6 cm³/mol. The first kappa shape index (κ1) is 19.0. The first-order valence-electron chi connectivity index (χ1n) is 9.02. The quantitative estimate of drug-likeness (QED) is 0.728. The largest absolute Gasteiger partial charge is 0.486 e. The second-order valence-corrected chi connectivity index (χ2v) is 6.63. The molecule has 8 heteroatoms. The van der Waals surface area contributed by atoms with E-state index in [0.717, 1.165) is 11.5 Å². The van der Waals surface area contributed by atoms with Crippen LogP contribution in [0.3, 0.4) is 0 Å². The van der Waals surface area contributed by atoms with E-state index in [9.17, 15) is 9.59 Å². The van der Waals surface area contributed by atoms with Gasteiger partial charge in [-0.3, -0.25) is 4.90 Å². The van der Waals surface area contributed by atoms with Crippen molar-refractivity contribution in [3.63, 3.8) is 0 Å².